The molecule has 6 nitrogen and oxygen atoms in total. The molecule has 0 saturated heterocycles. The lowest BCUT2D eigenvalue weighted by Gasteiger charge is -2.22. The van der Waals surface area contributed by atoms with Crippen LogP contribution < -0.4 is 10.0 Å². The Bertz CT molecular complexity index is 1060. The highest BCUT2D eigenvalue weighted by molar-refractivity contribution is 7.89. The van der Waals surface area contributed by atoms with E-state index in [2.05, 4.69) is 15.0 Å². The fourth-order valence-corrected chi connectivity index (χ4v) is 4.43. The molecule has 0 aliphatic carbocycles. The van der Waals surface area contributed by atoms with E-state index in [0.717, 1.165) is 10.9 Å². The molecule has 0 aliphatic heterocycles. The van der Waals surface area contributed by atoms with Crippen molar-refractivity contribution in [1.29, 1.82) is 0 Å². The number of rotatable bonds is 7. The normalized spacial score (nSPS) is 12.8. The van der Waals surface area contributed by atoms with Crippen LogP contribution in [-0.2, 0) is 21.4 Å². The summed E-state index contributed by atoms with van der Waals surface area (Å²) >= 11 is 0. The second-order valence-corrected chi connectivity index (χ2v) is 8.56. The van der Waals surface area contributed by atoms with Gasteiger partial charge in [0.25, 0.3) is 0 Å². The highest BCUT2D eigenvalue weighted by Crippen LogP contribution is 2.21. The van der Waals surface area contributed by atoms with Crippen LogP contribution in [-0.4, -0.2) is 25.4 Å². The molecule has 0 saturated carbocycles. The molecule has 7 heteroatoms. The molecule has 0 unspecified atom stereocenters. The topological polar surface area (TPSA) is 88.2 Å². The standard InChI is InChI=1S/C21H23N3O3S/c1-15(2)19(21(25)23-14-16-8-4-3-5-9-16)24-28(26,27)18-12-6-10-17-11-7-13-22-20(17)18/h3-13,15,19,24H,14H2,1-2H3,(H,23,25)/t19-/m0/s1. The number of aromatic nitrogens is 1. The molecule has 0 fully saturated rings. The van der Waals surface area contributed by atoms with E-state index >= 15 is 0 Å². The smallest absolute Gasteiger partial charge is 0.243 e. The monoisotopic (exact) mass is 397 g/mol. The number of para-hydroxylation sites is 1. The molecule has 146 valence electrons. The van der Waals surface area contributed by atoms with Crippen molar-refractivity contribution in [3.63, 3.8) is 0 Å². The van der Waals surface area contributed by atoms with Crippen LogP contribution in [0.3, 0.4) is 0 Å². The van der Waals surface area contributed by atoms with Gasteiger partial charge in [-0.15, -0.1) is 0 Å². The summed E-state index contributed by atoms with van der Waals surface area (Å²) in [4.78, 5) is 16.9. The van der Waals surface area contributed by atoms with Gasteiger partial charge in [0.15, 0.2) is 0 Å². The van der Waals surface area contributed by atoms with Crippen LogP contribution in [0.25, 0.3) is 10.9 Å². The minimum Gasteiger partial charge on any atom is -0.351 e. The lowest BCUT2D eigenvalue weighted by atomic mass is 10.0. The number of carbonyl (C=O) groups excluding carboxylic acids is 1. The van der Waals surface area contributed by atoms with Crippen molar-refractivity contribution in [3.05, 3.63) is 72.4 Å². The van der Waals surface area contributed by atoms with E-state index in [1.807, 2.05) is 30.3 Å². The van der Waals surface area contributed by atoms with Crippen LogP contribution in [0.5, 0.6) is 0 Å². The van der Waals surface area contributed by atoms with Crippen LogP contribution in [0.1, 0.15) is 19.4 Å². The first-order valence-corrected chi connectivity index (χ1v) is 10.5. The first-order valence-electron chi connectivity index (χ1n) is 9.06. The summed E-state index contributed by atoms with van der Waals surface area (Å²) in [6, 6.07) is 17.1. The fourth-order valence-electron chi connectivity index (χ4n) is 2.91. The third-order valence-electron chi connectivity index (χ3n) is 4.43. The maximum Gasteiger partial charge on any atom is 0.243 e. The number of benzene rings is 2. The minimum atomic E-state index is -3.93. The summed E-state index contributed by atoms with van der Waals surface area (Å²) in [7, 11) is -3.93. The fraction of sp³-hybridized carbons (Fsp3) is 0.238. The molecule has 1 aromatic heterocycles. The lowest BCUT2D eigenvalue weighted by Crippen LogP contribution is -2.49. The molecule has 28 heavy (non-hydrogen) atoms. The van der Waals surface area contributed by atoms with Crippen LogP contribution in [0, 0.1) is 5.92 Å². The highest BCUT2D eigenvalue weighted by Gasteiger charge is 2.29. The van der Waals surface area contributed by atoms with Gasteiger partial charge in [0.2, 0.25) is 15.9 Å². The van der Waals surface area contributed by atoms with Gasteiger partial charge in [-0.25, -0.2) is 8.42 Å². The van der Waals surface area contributed by atoms with Crippen molar-refractivity contribution in [2.24, 2.45) is 5.92 Å². The Balaban J connectivity index is 1.81. The maximum absolute atomic E-state index is 13.0. The molecule has 0 spiro atoms. The summed E-state index contributed by atoms with van der Waals surface area (Å²) in [6.07, 6.45) is 1.55. The third kappa shape index (κ3) is 4.55. The molecule has 0 aliphatic rings. The SMILES string of the molecule is CC(C)[C@H](NS(=O)(=O)c1cccc2cccnc12)C(=O)NCc1ccccc1. The summed E-state index contributed by atoms with van der Waals surface area (Å²) in [5.41, 5.74) is 1.32. The number of amides is 1. The van der Waals surface area contributed by atoms with Crippen LogP contribution in [0.2, 0.25) is 0 Å². The van der Waals surface area contributed by atoms with Gasteiger partial charge >= 0.3 is 0 Å². The van der Waals surface area contributed by atoms with E-state index in [0.29, 0.717) is 12.1 Å². The zero-order valence-corrected chi connectivity index (χ0v) is 16.6. The molecule has 2 aromatic carbocycles. The molecule has 1 amide bonds. The van der Waals surface area contributed by atoms with Gasteiger partial charge in [-0.1, -0.05) is 62.4 Å². The van der Waals surface area contributed by atoms with Gasteiger partial charge < -0.3 is 5.32 Å². The Morgan fingerprint density at radius 1 is 1.00 bits per heavy atom. The first-order chi connectivity index (χ1) is 13.4. The third-order valence-corrected chi connectivity index (χ3v) is 5.90. The minimum absolute atomic E-state index is 0.0621. The van der Waals surface area contributed by atoms with Crippen LogP contribution in [0.4, 0.5) is 0 Å². The Morgan fingerprint density at radius 3 is 2.43 bits per heavy atom. The Kier molecular flexibility index (Phi) is 6.06. The number of sulfonamides is 1. The van der Waals surface area contributed by atoms with Crippen molar-refractivity contribution >= 4 is 26.8 Å². The van der Waals surface area contributed by atoms with Crippen LogP contribution >= 0.6 is 0 Å². The molecule has 1 heterocycles. The predicted octanol–water partition coefficient (Wildman–Crippen LogP) is 2.85. The van der Waals surface area contributed by atoms with Gasteiger partial charge in [-0.3, -0.25) is 9.78 Å². The van der Waals surface area contributed by atoms with Gasteiger partial charge in [0.05, 0.1) is 5.52 Å². The number of carbonyl (C=O) groups is 1. The van der Waals surface area contributed by atoms with Crippen molar-refractivity contribution in [1.82, 2.24) is 15.0 Å². The van der Waals surface area contributed by atoms with Crippen molar-refractivity contribution < 1.29 is 13.2 Å². The molecule has 0 bridgehead atoms. The van der Waals surface area contributed by atoms with Crippen molar-refractivity contribution in [2.45, 2.75) is 31.3 Å². The predicted molar refractivity (Wildman–Crippen MR) is 109 cm³/mol. The zero-order chi connectivity index (χ0) is 20.1. The van der Waals surface area contributed by atoms with Crippen molar-refractivity contribution in [2.75, 3.05) is 0 Å². The Labute approximate surface area is 165 Å². The summed E-state index contributed by atoms with van der Waals surface area (Å²) in [6.45, 7) is 3.94. The van der Waals surface area contributed by atoms with E-state index in [9.17, 15) is 13.2 Å². The van der Waals surface area contributed by atoms with Crippen molar-refractivity contribution in [3.8, 4) is 0 Å². The van der Waals surface area contributed by atoms with Gasteiger partial charge in [0, 0.05) is 18.1 Å². The Morgan fingerprint density at radius 2 is 1.71 bits per heavy atom. The lowest BCUT2D eigenvalue weighted by molar-refractivity contribution is -0.123. The maximum atomic E-state index is 13.0. The number of hydrogen-bond acceptors (Lipinski definition) is 4. The Hall–Kier alpha value is -2.77. The van der Waals surface area contributed by atoms with E-state index < -0.39 is 16.1 Å². The first kappa shape index (κ1) is 20.0. The largest absolute Gasteiger partial charge is 0.351 e. The molecule has 3 aromatic rings. The van der Waals surface area contributed by atoms with Crippen LogP contribution in [0.15, 0.2) is 71.8 Å². The summed E-state index contributed by atoms with van der Waals surface area (Å²) < 4.78 is 28.6. The average Bonchev–Trinajstić information content (AvgIpc) is 2.70. The van der Waals surface area contributed by atoms with Gasteiger partial charge in [-0.05, 0) is 23.6 Å². The zero-order valence-electron chi connectivity index (χ0n) is 15.8. The van der Waals surface area contributed by atoms with E-state index in [-0.39, 0.29) is 16.7 Å². The molecular formula is C21H23N3O3S. The molecule has 2 N–H and O–H groups in total. The number of nitrogens with one attached hydrogen (secondary N) is 2. The second kappa shape index (κ2) is 8.50. The highest BCUT2D eigenvalue weighted by atomic mass is 32.2. The summed E-state index contributed by atoms with van der Waals surface area (Å²) in [5, 5.41) is 3.53. The van der Waals surface area contributed by atoms with Gasteiger partial charge in [-0.2, -0.15) is 4.72 Å². The number of nitrogens with zero attached hydrogens (tertiary/aromatic N) is 1. The average molecular weight is 398 g/mol. The summed E-state index contributed by atoms with van der Waals surface area (Å²) in [5.74, 6) is -0.593. The number of fused-ring (bicyclic) bond motifs is 1. The number of pyridine rings is 1. The second-order valence-electron chi connectivity index (χ2n) is 6.88. The molecule has 3 rings (SSSR count). The van der Waals surface area contributed by atoms with E-state index in [1.165, 1.54) is 6.07 Å². The molecular weight excluding hydrogens is 374 g/mol. The van der Waals surface area contributed by atoms with E-state index in [1.54, 1.807) is 44.3 Å². The molecule has 0 radical (unpaired) electrons. The quantitative estimate of drug-likeness (QED) is 0.642. The van der Waals surface area contributed by atoms with Gasteiger partial charge in [0.1, 0.15) is 10.9 Å². The molecule has 1 atom stereocenters. The number of hydrogen-bond donors (Lipinski definition) is 2. The van der Waals surface area contributed by atoms with E-state index in [4.69, 9.17) is 0 Å².